The summed E-state index contributed by atoms with van der Waals surface area (Å²) in [5.41, 5.74) is 0.338. The standard InChI is InChI=1S/C11H11FN2O3/c12-8-3-1-2-7(6-8)9-10(15)13-4-5-14(9)11(16)17/h1-3,6,9H,4-5H2,(H,13,15)(H,16,17). The average Bonchev–Trinajstić information content (AvgIpc) is 2.28. The van der Waals surface area contributed by atoms with Crippen LogP contribution in [0.25, 0.3) is 0 Å². The molecule has 1 atom stereocenters. The molecular formula is C11H11FN2O3. The fourth-order valence-corrected chi connectivity index (χ4v) is 1.88. The minimum atomic E-state index is -1.19. The van der Waals surface area contributed by atoms with Crippen molar-refractivity contribution in [1.82, 2.24) is 10.2 Å². The van der Waals surface area contributed by atoms with Crippen LogP contribution in [-0.2, 0) is 4.79 Å². The summed E-state index contributed by atoms with van der Waals surface area (Å²) in [6.07, 6.45) is -1.19. The van der Waals surface area contributed by atoms with Crippen molar-refractivity contribution in [2.45, 2.75) is 6.04 Å². The molecule has 1 aliphatic rings. The van der Waals surface area contributed by atoms with Crippen LogP contribution in [-0.4, -0.2) is 35.1 Å². The van der Waals surface area contributed by atoms with Crippen molar-refractivity contribution < 1.29 is 19.1 Å². The van der Waals surface area contributed by atoms with E-state index in [1.165, 1.54) is 24.3 Å². The second kappa shape index (κ2) is 4.40. The van der Waals surface area contributed by atoms with Gasteiger partial charge in [0.05, 0.1) is 0 Å². The molecule has 6 heteroatoms. The molecule has 17 heavy (non-hydrogen) atoms. The summed E-state index contributed by atoms with van der Waals surface area (Å²) >= 11 is 0. The zero-order valence-corrected chi connectivity index (χ0v) is 8.89. The molecule has 1 unspecified atom stereocenters. The monoisotopic (exact) mass is 238 g/mol. The zero-order valence-electron chi connectivity index (χ0n) is 8.89. The van der Waals surface area contributed by atoms with Crippen molar-refractivity contribution in [2.75, 3.05) is 13.1 Å². The predicted molar refractivity (Wildman–Crippen MR) is 56.9 cm³/mol. The Morgan fingerprint density at radius 2 is 2.29 bits per heavy atom. The molecule has 0 radical (unpaired) electrons. The number of hydrogen-bond acceptors (Lipinski definition) is 2. The Labute approximate surface area is 96.8 Å². The summed E-state index contributed by atoms with van der Waals surface area (Å²) in [5, 5.41) is 11.6. The number of carboxylic acid groups (broad SMARTS) is 1. The molecular weight excluding hydrogens is 227 g/mol. The molecule has 2 N–H and O–H groups in total. The molecule has 1 saturated heterocycles. The highest BCUT2D eigenvalue weighted by Crippen LogP contribution is 2.23. The van der Waals surface area contributed by atoms with Crippen molar-refractivity contribution in [3.63, 3.8) is 0 Å². The second-order valence-electron chi connectivity index (χ2n) is 3.72. The lowest BCUT2D eigenvalue weighted by molar-refractivity contribution is -0.128. The van der Waals surface area contributed by atoms with Crippen molar-refractivity contribution in [3.05, 3.63) is 35.6 Å². The van der Waals surface area contributed by atoms with Gasteiger partial charge in [-0.05, 0) is 17.7 Å². The fraction of sp³-hybridized carbons (Fsp3) is 0.273. The molecule has 1 fully saturated rings. The van der Waals surface area contributed by atoms with E-state index in [-0.39, 0.29) is 13.1 Å². The Balaban J connectivity index is 2.38. The molecule has 1 aromatic rings. The molecule has 0 aliphatic carbocycles. The number of hydrogen-bond donors (Lipinski definition) is 2. The summed E-state index contributed by atoms with van der Waals surface area (Å²) in [7, 11) is 0. The van der Waals surface area contributed by atoms with E-state index >= 15 is 0 Å². The molecule has 0 saturated carbocycles. The van der Waals surface area contributed by atoms with Crippen LogP contribution < -0.4 is 5.32 Å². The summed E-state index contributed by atoms with van der Waals surface area (Å²) < 4.78 is 13.1. The quantitative estimate of drug-likeness (QED) is 0.766. The Morgan fingerprint density at radius 1 is 1.53 bits per heavy atom. The van der Waals surface area contributed by atoms with E-state index in [1.54, 1.807) is 0 Å². The number of piperazine rings is 1. The average molecular weight is 238 g/mol. The highest BCUT2D eigenvalue weighted by molar-refractivity contribution is 5.87. The smallest absolute Gasteiger partial charge is 0.408 e. The van der Waals surface area contributed by atoms with Gasteiger partial charge in [-0.25, -0.2) is 9.18 Å². The minimum absolute atomic E-state index is 0.197. The van der Waals surface area contributed by atoms with E-state index in [0.717, 1.165) is 4.90 Å². The molecule has 90 valence electrons. The normalized spacial score (nSPS) is 19.9. The van der Waals surface area contributed by atoms with E-state index in [1.807, 2.05) is 0 Å². The number of nitrogens with one attached hydrogen (secondary N) is 1. The SMILES string of the molecule is O=C1NCCN(C(=O)O)C1c1cccc(F)c1. The molecule has 0 spiro atoms. The first kappa shape index (κ1) is 11.4. The third kappa shape index (κ3) is 2.20. The van der Waals surface area contributed by atoms with Gasteiger partial charge in [-0.3, -0.25) is 9.69 Å². The fourth-order valence-electron chi connectivity index (χ4n) is 1.88. The third-order valence-electron chi connectivity index (χ3n) is 2.62. The van der Waals surface area contributed by atoms with Gasteiger partial charge in [0, 0.05) is 13.1 Å². The topological polar surface area (TPSA) is 69.6 Å². The first-order valence-electron chi connectivity index (χ1n) is 5.12. The van der Waals surface area contributed by atoms with Gasteiger partial charge in [0.15, 0.2) is 0 Å². The molecule has 2 amide bonds. The van der Waals surface area contributed by atoms with E-state index in [9.17, 15) is 14.0 Å². The van der Waals surface area contributed by atoms with Crippen LogP contribution in [0.5, 0.6) is 0 Å². The summed E-state index contributed by atoms with van der Waals surface area (Å²) in [6.45, 7) is 0.471. The number of rotatable bonds is 1. The maximum atomic E-state index is 13.1. The van der Waals surface area contributed by atoms with E-state index in [4.69, 9.17) is 5.11 Å². The van der Waals surface area contributed by atoms with Crippen molar-refractivity contribution in [3.8, 4) is 0 Å². The predicted octanol–water partition coefficient (Wildman–Crippen LogP) is 0.977. The molecule has 1 aliphatic heterocycles. The van der Waals surface area contributed by atoms with Gasteiger partial charge in [0.25, 0.3) is 0 Å². The number of halogens is 1. The Bertz CT molecular complexity index is 464. The first-order chi connectivity index (χ1) is 8.09. The van der Waals surface area contributed by atoms with Crippen molar-refractivity contribution in [1.29, 1.82) is 0 Å². The van der Waals surface area contributed by atoms with Crippen LogP contribution >= 0.6 is 0 Å². The Kier molecular flexibility index (Phi) is 2.95. The number of nitrogens with zero attached hydrogens (tertiary/aromatic N) is 1. The number of amides is 2. The van der Waals surface area contributed by atoms with Gasteiger partial charge < -0.3 is 10.4 Å². The van der Waals surface area contributed by atoms with Gasteiger partial charge in [-0.2, -0.15) is 0 Å². The lowest BCUT2D eigenvalue weighted by Crippen LogP contribution is -2.51. The molecule has 0 bridgehead atoms. The maximum Gasteiger partial charge on any atom is 0.408 e. The molecule has 1 aromatic carbocycles. The number of carbonyl (C=O) groups excluding carboxylic acids is 1. The van der Waals surface area contributed by atoms with Crippen LogP contribution in [0.1, 0.15) is 11.6 Å². The van der Waals surface area contributed by atoms with Gasteiger partial charge in [0.1, 0.15) is 11.9 Å². The van der Waals surface area contributed by atoms with Crippen LogP contribution in [0, 0.1) is 5.82 Å². The Morgan fingerprint density at radius 3 is 2.94 bits per heavy atom. The van der Waals surface area contributed by atoms with Crippen molar-refractivity contribution >= 4 is 12.0 Å². The maximum absolute atomic E-state index is 13.1. The van der Waals surface area contributed by atoms with Crippen LogP contribution in [0.2, 0.25) is 0 Å². The first-order valence-corrected chi connectivity index (χ1v) is 5.12. The van der Waals surface area contributed by atoms with E-state index < -0.39 is 23.9 Å². The lowest BCUT2D eigenvalue weighted by Gasteiger charge is -2.33. The highest BCUT2D eigenvalue weighted by Gasteiger charge is 2.34. The number of benzene rings is 1. The van der Waals surface area contributed by atoms with Gasteiger partial charge in [-0.15, -0.1) is 0 Å². The zero-order chi connectivity index (χ0) is 12.4. The summed E-state index contributed by atoms with van der Waals surface area (Å²) in [4.78, 5) is 23.7. The van der Waals surface area contributed by atoms with Gasteiger partial charge >= 0.3 is 6.09 Å². The summed E-state index contributed by atoms with van der Waals surface area (Å²) in [5.74, 6) is -0.921. The number of carbonyl (C=O) groups is 2. The third-order valence-corrected chi connectivity index (χ3v) is 2.62. The molecule has 2 rings (SSSR count). The highest BCUT2D eigenvalue weighted by atomic mass is 19.1. The summed E-state index contributed by atoms with van der Waals surface area (Å²) in [6, 6.07) is 4.43. The Hall–Kier alpha value is -2.11. The lowest BCUT2D eigenvalue weighted by atomic mass is 10.0. The van der Waals surface area contributed by atoms with Crippen LogP contribution in [0.3, 0.4) is 0 Å². The van der Waals surface area contributed by atoms with E-state index in [2.05, 4.69) is 5.32 Å². The second-order valence-corrected chi connectivity index (χ2v) is 3.72. The van der Waals surface area contributed by atoms with Gasteiger partial charge in [0.2, 0.25) is 5.91 Å². The van der Waals surface area contributed by atoms with E-state index in [0.29, 0.717) is 5.56 Å². The van der Waals surface area contributed by atoms with Crippen LogP contribution in [0.4, 0.5) is 9.18 Å². The van der Waals surface area contributed by atoms with Crippen LogP contribution in [0.15, 0.2) is 24.3 Å². The largest absolute Gasteiger partial charge is 0.465 e. The van der Waals surface area contributed by atoms with Gasteiger partial charge in [-0.1, -0.05) is 12.1 Å². The molecule has 0 aromatic heterocycles. The molecule has 1 heterocycles. The van der Waals surface area contributed by atoms with Crippen molar-refractivity contribution in [2.24, 2.45) is 0 Å². The minimum Gasteiger partial charge on any atom is -0.465 e. The molecule has 5 nitrogen and oxygen atoms in total.